The predicted molar refractivity (Wildman–Crippen MR) is 238 cm³/mol. The first-order valence-corrected chi connectivity index (χ1v) is 23.2. The van der Waals surface area contributed by atoms with Crippen molar-refractivity contribution in [2.24, 2.45) is 18.9 Å². The molecule has 0 radical (unpaired) electrons. The minimum absolute atomic E-state index is 0.0148. The van der Waals surface area contributed by atoms with Gasteiger partial charge in [0.1, 0.15) is 23.0 Å². The molecule has 3 N–H and O–H groups in total. The molecule has 350 valence electrons. The van der Waals surface area contributed by atoms with E-state index in [9.17, 15) is 33.1 Å². The van der Waals surface area contributed by atoms with Crippen molar-refractivity contribution in [3.05, 3.63) is 64.6 Å². The van der Waals surface area contributed by atoms with Gasteiger partial charge in [0.05, 0.1) is 47.4 Å². The van der Waals surface area contributed by atoms with Crippen molar-refractivity contribution in [2.75, 3.05) is 80.6 Å². The van der Waals surface area contributed by atoms with Gasteiger partial charge in [-0.15, -0.1) is 0 Å². The number of alkyl halides is 2. The van der Waals surface area contributed by atoms with Crippen LogP contribution in [0.15, 0.2) is 47.7 Å². The summed E-state index contributed by atoms with van der Waals surface area (Å²) in [5.74, 6) is 0.175. The molecule has 66 heavy (non-hydrogen) atoms. The summed E-state index contributed by atoms with van der Waals surface area (Å²) in [7, 11) is 1.69. The fourth-order valence-corrected chi connectivity index (χ4v) is 11.4. The lowest BCUT2D eigenvalue weighted by molar-refractivity contribution is -0.135. The highest BCUT2D eigenvalue weighted by Gasteiger charge is 2.44. The Labute approximate surface area is 378 Å². The number of carbonyl (C=O) groups is 3. The molecule has 3 unspecified atom stereocenters. The van der Waals surface area contributed by atoms with Gasteiger partial charge in [-0.3, -0.25) is 38.4 Å². The quantitative estimate of drug-likeness (QED) is 0.155. The lowest BCUT2D eigenvalue weighted by Gasteiger charge is -2.50. The van der Waals surface area contributed by atoms with Gasteiger partial charge in [-0.2, -0.15) is 10.2 Å². The monoisotopic (exact) mass is 911 g/mol. The average molecular weight is 912 g/mol. The second kappa shape index (κ2) is 16.8. The number of aliphatic hydroxyl groups is 1. The van der Waals surface area contributed by atoms with Gasteiger partial charge in [-0.05, 0) is 68.6 Å². The molecule has 6 fully saturated rings. The Bertz CT molecular complexity index is 2750. The first kappa shape index (κ1) is 42.8. The van der Waals surface area contributed by atoms with Crippen LogP contribution >= 0.6 is 0 Å². The Morgan fingerprint density at radius 1 is 1.02 bits per heavy atom. The van der Waals surface area contributed by atoms with Crippen molar-refractivity contribution in [2.45, 2.75) is 81.7 Å². The maximum absolute atomic E-state index is 14.3. The van der Waals surface area contributed by atoms with Crippen molar-refractivity contribution >= 4 is 51.6 Å². The van der Waals surface area contributed by atoms with E-state index in [0.717, 1.165) is 82.9 Å². The number of nitrogens with one attached hydrogen (secondary N) is 2. The molecule has 1 aromatic carbocycles. The summed E-state index contributed by atoms with van der Waals surface area (Å²) in [5.41, 5.74) is 1.000. The summed E-state index contributed by atoms with van der Waals surface area (Å²) in [4.78, 5) is 65.3. The SMILES string of the molecule is Cn1c(=O)n(C2CCC(=O)NC2=O)c2cccc(N3CC(O)(CN4CCN(CC5CCC(Cn6cc(NC(=O)c7cnn8ccc(N9CC%10CC9CO%10)nc78)c(C(F)F)n6)CC5)CC4)C3)c21. The molecule has 3 amide bonds. The smallest absolute Gasteiger partial charge is 0.329 e. The Balaban J connectivity index is 0.644. The molecule has 0 spiro atoms. The second-order valence-corrected chi connectivity index (χ2v) is 19.4. The summed E-state index contributed by atoms with van der Waals surface area (Å²) in [6.45, 7) is 7.79. The van der Waals surface area contributed by atoms with Crippen LogP contribution in [0.1, 0.15) is 73.5 Å². The standard InChI is InChI=1S/C45H55F2N13O6/c1-53-39-33(3-2-4-34(39)60(44(53)64)35-9-10-37(61)51-43(35)63)56-25-45(65,26-56)24-55-15-13-54(14-16-55)19-27-5-7-28(8-6-27)20-57-22-32(38(52-57)40(46)47)49-42(62)31-18-48-59-12-11-36(50-41(31)59)58-21-30-17-29(58)23-66-30/h2-4,11-12,18,22,27-30,35,40,65H,5-10,13-17,19-21,23-26H2,1H3,(H,49,62)(H,51,61,63). The molecule has 9 heterocycles. The molecule has 5 aromatic rings. The van der Waals surface area contributed by atoms with Crippen molar-refractivity contribution in [1.82, 2.24) is 48.6 Å². The van der Waals surface area contributed by atoms with Gasteiger partial charge in [0, 0.05) is 91.3 Å². The van der Waals surface area contributed by atoms with Crippen molar-refractivity contribution < 1.29 is 33.0 Å². The number of imide groups is 1. The molecule has 6 aliphatic rings. The number of aryl methyl sites for hydroxylation is 1. The number of halogens is 2. The van der Waals surface area contributed by atoms with E-state index in [1.54, 1.807) is 22.5 Å². The minimum Gasteiger partial charge on any atom is -0.385 e. The number of piperidine rings is 1. The fourth-order valence-electron chi connectivity index (χ4n) is 11.4. The summed E-state index contributed by atoms with van der Waals surface area (Å²) in [6.07, 6.45) is 7.37. The number of carbonyl (C=O) groups excluding carboxylic acids is 3. The van der Waals surface area contributed by atoms with E-state index in [0.29, 0.717) is 55.4 Å². The number of hydrogen-bond acceptors (Lipinski definition) is 13. The number of amides is 3. The number of benzene rings is 1. The van der Waals surface area contributed by atoms with E-state index in [1.165, 1.54) is 21.5 Å². The fraction of sp³-hybridized carbons (Fsp3) is 0.578. The maximum Gasteiger partial charge on any atom is 0.329 e. The van der Waals surface area contributed by atoms with E-state index in [4.69, 9.17) is 9.72 Å². The number of anilines is 3. The number of ether oxygens (including phenoxy) is 1. The molecule has 1 saturated carbocycles. The number of hydrogen-bond donors (Lipinski definition) is 3. The van der Waals surface area contributed by atoms with Crippen LogP contribution in [0, 0.1) is 11.8 Å². The van der Waals surface area contributed by atoms with Crippen LogP contribution in [-0.4, -0.2) is 149 Å². The third kappa shape index (κ3) is 7.91. The molecule has 11 rings (SSSR count). The van der Waals surface area contributed by atoms with Gasteiger partial charge in [0.15, 0.2) is 11.3 Å². The summed E-state index contributed by atoms with van der Waals surface area (Å²) < 4.78 is 40.3. The van der Waals surface area contributed by atoms with E-state index >= 15 is 0 Å². The average Bonchev–Trinajstić information content (AvgIpc) is 4.14. The molecular formula is C45H55F2N13O6. The number of piperazine rings is 1. The minimum atomic E-state index is -2.86. The van der Waals surface area contributed by atoms with Crippen LogP contribution in [0.2, 0.25) is 0 Å². The third-order valence-corrected chi connectivity index (χ3v) is 14.9. The summed E-state index contributed by atoms with van der Waals surface area (Å²) in [6, 6.07) is 6.96. The highest BCUT2D eigenvalue weighted by atomic mass is 19.3. The molecule has 5 saturated heterocycles. The van der Waals surface area contributed by atoms with E-state index in [1.807, 2.05) is 24.3 Å². The predicted octanol–water partition coefficient (Wildman–Crippen LogP) is 2.40. The Hall–Kier alpha value is -5.77. The maximum atomic E-state index is 14.3. The van der Waals surface area contributed by atoms with Gasteiger partial charge in [0.2, 0.25) is 11.8 Å². The number of morpholine rings is 1. The zero-order chi connectivity index (χ0) is 45.4. The van der Waals surface area contributed by atoms with E-state index in [-0.39, 0.29) is 53.8 Å². The number of rotatable bonds is 12. The van der Waals surface area contributed by atoms with Gasteiger partial charge >= 0.3 is 5.69 Å². The Morgan fingerprint density at radius 3 is 2.48 bits per heavy atom. The number of aromatic nitrogens is 7. The Kier molecular flexibility index (Phi) is 10.9. The summed E-state index contributed by atoms with van der Waals surface area (Å²) in [5, 5.41) is 25.2. The molecule has 4 aromatic heterocycles. The first-order valence-electron chi connectivity index (χ1n) is 23.2. The van der Waals surface area contributed by atoms with Crippen molar-refractivity contribution in [1.29, 1.82) is 0 Å². The van der Waals surface area contributed by atoms with Crippen LogP contribution < -0.4 is 26.1 Å². The van der Waals surface area contributed by atoms with E-state index < -0.39 is 35.6 Å². The Morgan fingerprint density at radius 2 is 1.77 bits per heavy atom. The van der Waals surface area contributed by atoms with Gasteiger partial charge in [-0.25, -0.2) is 23.1 Å². The third-order valence-electron chi connectivity index (χ3n) is 14.9. The largest absolute Gasteiger partial charge is 0.385 e. The van der Waals surface area contributed by atoms with Crippen LogP contribution in [-0.2, 0) is 27.9 Å². The summed E-state index contributed by atoms with van der Waals surface area (Å²) >= 11 is 0. The molecule has 3 atom stereocenters. The lowest BCUT2D eigenvalue weighted by atomic mass is 9.81. The van der Waals surface area contributed by atoms with Gasteiger partial charge < -0.3 is 29.9 Å². The molecule has 5 aliphatic heterocycles. The number of imidazole rings is 1. The van der Waals surface area contributed by atoms with Crippen LogP contribution in [0.3, 0.4) is 0 Å². The number of β-amino-alcohol motifs (C(OH)–C–C–N with tert-alkyl or cyclic N) is 1. The number of fused-ring (bicyclic) bond motifs is 4. The van der Waals surface area contributed by atoms with Crippen molar-refractivity contribution in [3.8, 4) is 0 Å². The molecule has 21 heteroatoms. The second-order valence-electron chi connectivity index (χ2n) is 19.4. The zero-order valence-corrected chi connectivity index (χ0v) is 36.9. The highest BCUT2D eigenvalue weighted by molar-refractivity contribution is 6.08. The van der Waals surface area contributed by atoms with Gasteiger partial charge in [-0.1, -0.05) is 6.07 Å². The molecule has 19 nitrogen and oxygen atoms in total. The van der Waals surface area contributed by atoms with E-state index in [2.05, 4.69) is 40.4 Å². The highest BCUT2D eigenvalue weighted by Crippen LogP contribution is 2.37. The number of nitrogens with zero attached hydrogens (tertiary/aromatic N) is 11. The first-order chi connectivity index (χ1) is 31.9. The number of para-hydroxylation sites is 1. The molecular weight excluding hydrogens is 857 g/mol. The molecule has 1 aliphatic carbocycles. The van der Waals surface area contributed by atoms with Crippen LogP contribution in [0.5, 0.6) is 0 Å². The topological polar surface area (TPSA) is 193 Å². The van der Waals surface area contributed by atoms with Crippen LogP contribution in [0.25, 0.3) is 16.7 Å². The zero-order valence-electron chi connectivity index (χ0n) is 36.9. The van der Waals surface area contributed by atoms with Crippen molar-refractivity contribution in [3.63, 3.8) is 0 Å². The van der Waals surface area contributed by atoms with Crippen LogP contribution in [0.4, 0.5) is 26.0 Å². The van der Waals surface area contributed by atoms with Gasteiger partial charge in [0.25, 0.3) is 12.3 Å². The molecule has 2 bridgehead atoms. The lowest BCUT2D eigenvalue weighted by Crippen LogP contribution is -2.67. The normalized spacial score (nSPS) is 25.9.